The van der Waals surface area contributed by atoms with Crippen LogP contribution in [0.5, 0.6) is 0 Å². The third-order valence-electron chi connectivity index (χ3n) is 4.02. The zero-order chi connectivity index (χ0) is 14.0. The van der Waals surface area contributed by atoms with E-state index in [-0.39, 0.29) is 0 Å². The average Bonchev–Trinajstić information content (AvgIpc) is 2.38. The summed E-state index contributed by atoms with van der Waals surface area (Å²) in [5.41, 5.74) is 8.00. The molecular weight excluding hydrogens is 236 g/mol. The van der Waals surface area contributed by atoms with Gasteiger partial charge in [0.1, 0.15) is 5.82 Å². The van der Waals surface area contributed by atoms with Crippen LogP contribution in [0.15, 0.2) is 6.20 Å². The quantitative estimate of drug-likeness (QED) is 0.910. The molecule has 0 bridgehead atoms. The highest BCUT2D eigenvalue weighted by molar-refractivity contribution is 5.50. The van der Waals surface area contributed by atoms with Crippen molar-refractivity contribution in [2.75, 3.05) is 11.4 Å². The lowest BCUT2D eigenvalue weighted by Gasteiger charge is -2.38. The van der Waals surface area contributed by atoms with Crippen molar-refractivity contribution < 1.29 is 0 Å². The van der Waals surface area contributed by atoms with Gasteiger partial charge in [0.25, 0.3) is 0 Å². The Morgan fingerprint density at radius 2 is 2.16 bits per heavy atom. The van der Waals surface area contributed by atoms with Crippen molar-refractivity contribution in [3.05, 3.63) is 17.7 Å². The molecule has 0 radical (unpaired) electrons. The van der Waals surface area contributed by atoms with E-state index < -0.39 is 0 Å². The second-order valence-electron chi connectivity index (χ2n) is 6.09. The first kappa shape index (κ1) is 14.3. The number of nitrogens with zero attached hydrogens (tertiary/aromatic N) is 3. The number of anilines is 1. The fourth-order valence-electron chi connectivity index (χ4n) is 2.86. The molecule has 0 aliphatic carbocycles. The molecule has 4 heteroatoms. The van der Waals surface area contributed by atoms with Gasteiger partial charge in [-0.3, -0.25) is 0 Å². The van der Waals surface area contributed by atoms with Gasteiger partial charge in [-0.15, -0.1) is 0 Å². The predicted octanol–water partition coefficient (Wildman–Crippen LogP) is 2.68. The van der Waals surface area contributed by atoms with Gasteiger partial charge in [-0.2, -0.15) is 0 Å². The van der Waals surface area contributed by atoms with Gasteiger partial charge < -0.3 is 10.6 Å². The van der Waals surface area contributed by atoms with E-state index >= 15 is 0 Å². The summed E-state index contributed by atoms with van der Waals surface area (Å²) < 4.78 is 0. The van der Waals surface area contributed by atoms with Crippen LogP contribution in [0.2, 0.25) is 0 Å². The van der Waals surface area contributed by atoms with Crippen molar-refractivity contribution in [2.45, 2.75) is 59.0 Å². The Balaban J connectivity index is 2.28. The Bertz CT molecular complexity index is 430. The summed E-state index contributed by atoms with van der Waals surface area (Å²) >= 11 is 0. The first-order valence-corrected chi connectivity index (χ1v) is 7.35. The monoisotopic (exact) mass is 262 g/mol. The second-order valence-corrected chi connectivity index (χ2v) is 6.09. The summed E-state index contributed by atoms with van der Waals surface area (Å²) in [6, 6.07) is 0.544. The summed E-state index contributed by atoms with van der Waals surface area (Å²) in [4.78, 5) is 11.6. The highest BCUT2D eigenvalue weighted by atomic mass is 15.2. The molecule has 2 rings (SSSR count). The van der Waals surface area contributed by atoms with Gasteiger partial charge in [0.2, 0.25) is 0 Å². The SMILES string of the molecule is CC1CCN(c2cnc(C(C)C)nc2CN)C(C)C1. The summed E-state index contributed by atoms with van der Waals surface area (Å²) in [6.45, 7) is 10.4. The molecule has 106 valence electrons. The number of hydrogen-bond acceptors (Lipinski definition) is 4. The first-order chi connectivity index (χ1) is 9.02. The van der Waals surface area contributed by atoms with Crippen LogP contribution < -0.4 is 10.6 Å². The molecule has 4 nitrogen and oxygen atoms in total. The lowest BCUT2D eigenvalue weighted by molar-refractivity contribution is 0.376. The normalized spacial score (nSPS) is 24.0. The van der Waals surface area contributed by atoms with Gasteiger partial charge in [0.15, 0.2) is 0 Å². The Morgan fingerprint density at radius 1 is 1.42 bits per heavy atom. The summed E-state index contributed by atoms with van der Waals surface area (Å²) in [5, 5.41) is 0. The van der Waals surface area contributed by atoms with E-state index in [9.17, 15) is 0 Å². The molecule has 2 heterocycles. The summed E-state index contributed by atoms with van der Waals surface area (Å²) in [7, 11) is 0. The number of piperidine rings is 1. The van der Waals surface area contributed by atoms with Crippen molar-refractivity contribution in [3.8, 4) is 0 Å². The molecule has 19 heavy (non-hydrogen) atoms. The molecule has 1 aliphatic heterocycles. The number of aromatic nitrogens is 2. The predicted molar refractivity (Wildman–Crippen MR) is 79.2 cm³/mol. The molecule has 1 saturated heterocycles. The molecule has 2 atom stereocenters. The minimum Gasteiger partial charge on any atom is -0.366 e. The van der Waals surface area contributed by atoms with Crippen molar-refractivity contribution in [3.63, 3.8) is 0 Å². The minimum absolute atomic E-state index is 0.346. The fraction of sp³-hybridized carbons (Fsp3) is 0.733. The molecule has 1 aromatic heterocycles. The largest absolute Gasteiger partial charge is 0.366 e. The maximum atomic E-state index is 5.88. The van der Waals surface area contributed by atoms with E-state index in [0.29, 0.717) is 18.5 Å². The van der Waals surface area contributed by atoms with Gasteiger partial charge in [-0.1, -0.05) is 20.8 Å². The van der Waals surface area contributed by atoms with E-state index in [4.69, 9.17) is 5.73 Å². The Labute approximate surface area is 116 Å². The molecule has 1 aliphatic rings. The van der Waals surface area contributed by atoms with Crippen molar-refractivity contribution >= 4 is 5.69 Å². The number of hydrogen-bond donors (Lipinski definition) is 1. The van der Waals surface area contributed by atoms with Crippen LogP contribution in [-0.2, 0) is 6.54 Å². The zero-order valence-corrected chi connectivity index (χ0v) is 12.6. The first-order valence-electron chi connectivity index (χ1n) is 7.35. The minimum atomic E-state index is 0.346. The lowest BCUT2D eigenvalue weighted by atomic mass is 9.93. The van der Waals surface area contributed by atoms with Crippen LogP contribution in [-0.4, -0.2) is 22.6 Å². The van der Waals surface area contributed by atoms with Crippen molar-refractivity contribution in [2.24, 2.45) is 11.7 Å². The molecule has 2 unspecified atom stereocenters. The van der Waals surface area contributed by atoms with Gasteiger partial charge >= 0.3 is 0 Å². The van der Waals surface area contributed by atoms with Crippen LogP contribution in [0.1, 0.15) is 58.0 Å². The Morgan fingerprint density at radius 3 is 2.74 bits per heavy atom. The second kappa shape index (κ2) is 5.87. The van der Waals surface area contributed by atoms with Crippen molar-refractivity contribution in [1.82, 2.24) is 9.97 Å². The fourth-order valence-corrected chi connectivity index (χ4v) is 2.86. The van der Waals surface area contributed by atoms with E-state index in [2.05, 4.69) is 42.6 Å². The van der Waals surface area contributed by atoms with Crippen LogP contribution in [0.4, 0.5) is 5.69 Å². The van der Waals surface area contributed by atoms with E-state index in [1.54, 1.807) is 0 Å². The van der Waals surface area contributed by atoms with E-state index in [1.807, 2.05) is 6.20 Å². The topological polar surface area (TPSA) is 55.0 Å². The molecule has 0 aromatic carbocycles. The molecule has 0 saturated carbocycles. The van der Waals surface area contributed by atoms with Crippen molar-refractivity contribution in [1.29, 1.82) is 0 Å². The van der Waals surface area contributed by atoms with Gasteiger partial charge in [-0.05, 0) is 25.7 Å². The van der Waals surface area contributed by atoms with E-state index in [1.165, 1.54) is 12.8 Å². The standard InChI is InChI=1S/C15H26N4/c1-10(2)15-17-9-14(13(8-16)18-15)19-6-5-11(3)7-12(19)4/h9-12H,5-8,16H2,1-4H3. The maximum Gasteiger partial charge on any atom is 0.131 e. The lowest BCUT2D eigenvalue weighted by Crippen LogP contribution is -2.41. The average molecular weight is 262 g/mol. The van der Waals surface area contributed by atoms with Gasteiger partial charge in [-0.25, -0.2) is 9.97 Å². The molecular formula is C15H26N4. The molecule has 1 fully saturated rings. The Kier molecular flexibility index (Phi) is 4.40. The third kappa shape index (κ3) is 3.06. The van der Waals surface area contributed by atoms with Crippen LogP contribution >= 0.6 is 0 Å². The highest BCUT2D eigenvalue weighted by Crippen LogP contribution is 2.29. The van der Waals surface area contributed by atoms with Crippen LogP contribution in [0.25, 0.3) is 0 Å². The molecule has 0 amide bonds. The maximum absolute atomic E-state index is 5.88. The Hall–Kier alpha value is -1.16. The van der Waals surface area contributed by atoms with Crippen LogP contribution in [0.3, 0.4) is 0 Å². The van der Waals surface area contributed by atoms with Crippen LogP contribution in [0, 0.1) is 5.92 Å². The van der Waals surface area contributed by atoms with Gasteiger partial charge in [0, 0.05) is 25.0 Å². The third-order valence-corrected chi connectivity index (χ3v) is 4.02. The molecule has 1 aromatic rings. The zero-order valence-electron chi connectivity index (χ0n) is 12.6. The van der Waals surface area contributed by atoms with Gasteiger partial charge in [0.05, 0.1) is 17.6 Å². The number of nitrogens with two attached hydrogens (primary N) is 1. The summed E-state index contributed by atoms with van der Waals surface area (Å²) in [5.74, 6) is 2.05. The highest BCUT2D eigenvalue weighted by Gasteiger charge is 2.25. The van der Waals surface area contributed by atoms with E-state index in [0.717, 1.165) is 29.7 Å². The smallest absolute Gasteiger partial charge is 0.131 e. The molecule has 2 N–H and O–H groups in total. The molecule has 0 spiro atoms. The summed E-state index contributed by atoms with van der Waals surface area (Å²) in [6.07, 6.45) is 4.44. The number of rotatable bonds is 3.